The molecule has 1 amide bonds. The van der Waals surface area contributed by atoms with E-state index >= 15 is 0 Å². The molecule has 0 spiro atoms. The van der Waals surface area contributed by atoms with E-state index in [1.807, 2.05) is 53.7 Å². The van der Waals surface area contributed by atoms with Crippen molar-refractivity contribution in [1.82, 2.24) is 5.32 Å². The number of carbonyl (C=O) groups is 1. The number of nitrogens with zero attached hydrogens (tertiary/aromatic N) is 1. The van der Waals surface area contributed by atoms with Gasteiger partial charge < -0.3 is 15.4 Å². The number of benzene rings is 3. The van der Waals surface area contributed by atoms with E-state index in [9.17, 15) is 4.79 Å². The van der Waals surface area contributed by atoms with Gasteiger partial charge in [0.2, 0.25) is 5.91 Å². The number of nitrogens with one attached hydrogen (secondary N) is 1. The van der Waals surface area contributed by atoms with Crippen molar-refractivity contribution in [3.8, 4) is 0 Å². The number of nitrogens with two attached hydrogens (primary N) is 1. The molecule has 0 radical (unpaired) electrons. The normalized spacial score (nSPS) is 10.6. The second-order valence-corrected chi connectivity index (χ2v) is 8.30. The Balaban J connectivity index is 1.77. The standard InChI is InChI=1S/C23H24ClN3OS/c1-16-10-12-19(13-11-16)29-27(22-9-5-7-20(24)17(22)2)15-23(28)26-14-18-6-3-4-8-21(18)25/h3-13H,14-15,25H2,1-2H3,(H,26,28). The number of halogens is 1. The highest BCUT2D eigenvalue weighted by molar-refractivity contribution is 8.00. The van der Waals surface area contributed by atoms with Crippen LogP contribution in [0.2, 0.25) is 5.02 Å². The molecule has 0 saturated heterocycles. The molecule has 0 aliphatic rings. The molecule has 150 valence electrons. The lowest BCUT2D eigenvalue weighted by molar-refractivity contribution is -0.119. The second-order valence-electron chi connectivity index (χ2n) is 6.80. The fourth-order valence-corrected chi connectivity index (χ4v) is 3.99. The van der Waals surface area contributed by atoms with Crippen molar-refractivity contribution in [2.24, 2.45) is 0 Å². The van der Waals surface area contributed by atoms with E-state index in [2.05, 4.69) is 36.5 Å². The monoisotopic (exact) mass is 425 g/mol. The van der Waals surface area contributed by atoms with E-state index in [0.29, 0.717) is 17.3 Å². The molecule has 3 N–H and O–H groups in total. The van der Waals surface area contributed by atoms with Gasteiger partial charge in [-0.15, -0.1) is 0 Å². The van der Waals surface area contributed by atoms with Crippen LogP contribution in [0, 0.1) is 13.8 Å². The zero-order valence-corrected chi connectivity index (χ0v) is 18.1. The minimum atomic E-state index is -0.0905. The van der Waals surface area contributed by atoms with Crippen LogP contribution in [0.25, 0.3) is 0 Å². The Hall–Kier alpha value is -2.63. The van der Waals surface area contributed by atoms with Gasteiger partial charge >= 0.3 is 0 Å². The first kappa shape index (κ1) is 21.1. The summed E-state index contributed by atoms with van der Waals surface area (Å²) in [5.74, 6) is -0.0905. The second kappa shape index (κ2) is 9.72. The third-order valence-electron chi connectivity index (χ3n) is 4.56. The van der Waals surface area contributed by atoms with Crippen LogP contribution in [0.5, 0.6) is 0 Å². The van der Waals surface area contributed by atoms with Gasteiger partial charge in [-0.1, -0.05) is 53.6 Å². The maximum atomic E-state index is 12.7. The number of anilines is 2. The van der Waals surface area contributed by atoms with E-state index in [0.717, 1.165) is 21.7 Å². The number of carbonyl (C=O) groups excluding carboxylic acids is 1. The maximum Gasteiger partial charge on any atom is 0.240 e. The fourth-order valence-electron chi connectivity index (χ4n) is 2.83. The first-order chi connectivity index (χ1) is 13.9. The predicted octanol–water partition coefficient (Wildman–Crippen LogP) is 5.37. The molecular formula is C23H24ClN3OS. The number of nitrogen functional groups attached to an aromatic ring is 1. The number of para-hydroxylation sites is 1. The summed E-state index contributed by atoms with van der Waals surface area (Å²) in [4.78, 5) is 13.8. The molecular weight excluding hydrogens is 402 g/mol. The van der Waals surface area contributed by atoms with Crippen LogP contribution in [0.3, 0.4) is 0 Å². The molecule has 29 heavy (non-hydrogen) atoms. The largest absolute Gasteiger partial charge is 0.398 e. The Kier molecular flexibility index (Phi) is 7.07. The summed E-state index contributed by atoms with van der Waals surface area (Å²) in [6, 6.07) is 21.5. The van der Waals surface area contributed by atoms with Crippen molar-refractivity contribution in [3.05, 3.63) is 88.4 Å². The van der Waals surface area contributed by atoms with Gasteiger partial charge in [-0.2, -0.15) is 0 Å². The van der Waals surface area contributed by atoms with Gasteiger partial charge in [0.25, 0.3) is 0 Å². The lowest BCUT2D eigenvalue weighted by Gasteiger charge is -2.25. The highest BCUT2D eigenvalue weighted by Crippen LogP contribution is 2.34. The van der Waals surface area contributed by atoms with Gasteiger partial charge in [-0.3, -0.25) is 4.79 Å². The van der Waals surface area contributed by atoms with Crippen LogP contribution in [0.1, 0.15) is 16.7 Å². The Morgan fingerprint density at radius 3 is 2.48 bits per heavy atom. The summed E-state index contributed by atoms with van der Waals surface area (Å²) < 4.78 is 1.97. The van der Waals surface area contributed by atoms with Crippen molar-refractivity contribution in [2.75, 3.05) is 16.6 Å². The SMILES string of the molecule is Cc1ccc(SN(CC(=O)NCc2ccccc2N)c2cccc(Cl)c2C)cc1. The summed E-state index contributed by atoms with van der Waals surface area (Å²) in [7, 11) is 0. The molecule has 0 saturated carbocycles. The highest BCUT2D eigenvalue weighted by atomic mass is 35.5. The predicted molar refractivity (Wildman–Crippen MR) is 123 cm³/mol. The smallest absolute Gasteiger partial charge is 0.240 e. The zero-order valence-electron chi connectivity index (χ0n) is 16.5. The molecule has 0 aliphatic carbocycles. The Morgan fingerprint density at radius 1 is 1.03 bits per heavy atom. The van der Waals surface area contributed by atoms with Gasteiger partial charge in [0.1, 0.15) is 6.54 Å². The first-order valence-corrected chi connectivity index (χ1v) is 10.5. The van der Waals surface area contributed by atoms with Crippen molar-refractivity contribution < 1.29 is 4.79 Å². The van der Waals surface area contributed by atoms with Gasteiger partial charge in [0.15, 0.2) is 0 Å². The molecule has 0 fully saturated rings. The molecule has 0 aromatic heterocycles. The molecule has 0 atom stereocenters. The van der Waals surface area contributed by atoms with Crippen LogP contribution in [0.15, 0.2) is 71.6 Å². The number of hydrogen-bond acceptors (Lipinski definition) is 4. The number of aryl methyl sites for hydroxylation is 1. The molecule has 6 heteroatoms. The van der Waals surface area contributed by atoms with Crippen molar-refractivity contribution >= 4 is 40.8 Å². The van der Waals surface area contributed by atoms with E-state index < -0.39 is 0 Å². The molecule has 3 aromatic carbocycles. The molecule has 0 aliphatic heterocycles. The minimum absolute atomic E-state index is 0.0905. The quantitative estimate of drug-likeness (QED) is 0.394. The van der Waals surface area contributed by atoms with E-state index in [-0.39, 0.29) is 12.5 Å². The highest BCUT2D eigenvalue weighted by Gasteiger charge is 2.17. The molecule has 0 unspecified atom stereocenters. The summed E-state index contributed by atoms with van der Waals surface area (Å²) in [5.41, 5.74) is 10.6. The van der Waals surface area contributed by atoms with Gasteiger partial charge in [0, 0.05) is 22.2 Å². The first-order valence-electron chi connectivity index (χ1n) is 9.31. The lowest BCUT2D eigenvalue weighted by Crippen LogP contribution is -2.34. The maximum absolute atomic E-state index is 12.7. The Labute approximate surface area is 181 Å². The summed E-state index contributed by atoms with van der Waals surface area (Å²) in [6.07, 6.45) is 0. The molecule has 3 aromatic rings. The summed E-state index contributed by atoms with van der Waals surface area (Å²) in [5, 5.41) is 3.64. The van der Waals surface area contributed by atoms with E-state index in [1.54, 1.807) is 0 Å². The van der Waals surface area contributed by atoms with Crippen LogP contribution in [-0.2, 0) is 11.3 Å². The molecule has 3 rings (SSSR count). The van der Waals surface area contributed by atoms with Gasteiger partial charge in [-0.25, -0.2) is 0 Å². The van der Waals surface area contributed by atoms with Crippen molar-refractivity contribution in [3.63, 3.8) is 0 Å². The third kappa shape index (κ3) is 5.68. The average Bonchev–Trinajstić information content (AvgIpc) is 2.71. The van der Waals surface area contributed by atoms with Crippen LogP contribution >= 0.6 is 23.5 Å². The summed E-state index contributed by atoms with van der Waals surface area (Å²) in [6.45, 7) is 4.59. The zero-order chi connectivity index (χ0) is 20.8. The van der Waals surface area contributed by atoms with Gasteiger partial charge in [-0.05, 0) is 67.3 Å². The van der Waals surface area contributed by atoms with Crippen LogP contribution < -0.4 is 15.4 Å². The summed E-state index contributed by atoms with van der Waals surface area (Å²) >= 11 is 7.84. The lowest BCUT2D eigenvalue weighted by atomic mass is 10.2. The molecule has 0 heterocycles. The Morgan fingerprint density at radius 2 is 1.76 bits per heavy atom. The number of rotatable bonds is 7. The minimum Gasteiger partial charge on any atom is -0.398 e. The number of amides is 1. The fraction of sp³-hybridized carbons (Fsp3) is 0.174. The number of hydrogen-bond donors (Lipinski definition) is 2. The van der Waals surface area contributed by atoms with Crippen molar-refractivity contribution in [1.29, 1.82) is 0 Å². The molecule has 0 bridgehead atoms. The van der Waals surface area contributed by atoms with Gasteiger partial charge in [0.05, 0.1) is 5.69 Å². The average molecular weight is 426 g/mol. The molecule has 4 nitrogen and oxygen atoms in total. The topological polar surface area (TPSA) is 58.4 Å². The van der Waals surface area contributed by atoms with Crippen LogP contribution in [-0.4, -0.2) is 12.5 Å². The van der Waals surface area contributed by atoms with Crippen LogP contribution in [0.4, 0.5) is 11.4 Å². The van der Waals surface area contributed by atoms with E-state index in [1.165, 1.54) is 17.5 Å². The Bertz CT molecular complexity index is 992. The third-order valence-corrected chi connectivity index (χ3v) is 6.00. The van der Waals surface area contributed by atoms with E-state index in [4.69, 9.17) is 17.3 Å². The van der Waals surface area contributed by atoms with Crippen molar-refractivity contribution in [2.45, 2.75) is 25.3 Å².